The lowest BCUT2D eigenvalue weighted by molar-refractivity contribution is 0.167. The minimum Gasteiger partial charge on any atom is -0.336 e. The molecule has 174 valence electrons. The molecule has 3 rings (SSSR count). The second kappa shape index (κ2) is 9.54. The van der Waals surface area contributed by atoms with Crippen LogP contribution >= 0.6 is 0 Å². The van der Waals surface area contributed by atoms with Gasteiger partial charge in [-0.2, -0.15) is 4.31 Å². The van der Waals surface area contributed by atoms with Crippen LogP contribution in [0.2, 0.25) is 0 Å². The third-order valence-electron chi connectivity index (χ3n) is 5.78. The summed E-state index contributed by atoms with van der Waals surface area (Å²) in [5.41, 5.74) is 1.06. The summed E-state index contributed by atoms with van der Waals surface area (Å²) < 4.78 is 53.9. The van der Waals surface area contributed by atoms with E-state index in [1.165, 1.54) is 5.56 Å². The van der Waals surface area contributed by atoms with E-state index in [0.29, 0.717) is 6.07 Å². The zero-order valence-electron chi connectivity index (χ0n) is 18.5. The Balaban J connectivity index is 1.57. The van der Waals surface area contributed by atoms with E-state index in [-0.39, 0.29) is 43.7 Å². The number of sulfonamides is 1. The highest BCUT2D eigenvalue weighted by molar-refractivity contribution is 7.89. The highest BCUT2D eigenvalue weighted by atomic mass is 32.2. The van der Waals surface area contributed by atoms with E-state index in [4.69, 9.17) is 0 Å². The molecule has 1 aliphatic rings. The number of nitrogens with one attached hydrogen (secondary N) is 1. The number of carbonyl (C=O) groups excluding carboxylic acids is 1. The number of hydrogen-bond acceptors (Lipinski definition) is 3. The van der Waals surface area contributed by atoms with E-state index in [0.717, 1.165) is 22.9 Å². The Bertz CT molecular complexity index is 1050. The monoisotopic (exact) mass is 465 g/mol. The third-order valence-corrected chi connectivity index (χ3v) is 7.69. The molecule has 0 spiro atoms. The average Bonchev–Trinajstić information content (AvgIpc) is 2.75. The smallest absolute Gasteiger partial charge is 0.317 e. The Morgan fingerprint density at radius 3 is 2.31 bits per heavy atom. The number of piperazine rings is 1. The topological polar surface area (TPSA) is 69.7 Å². The molecular formula is C23H29F2N3O3S. The second-order valence-electron chi connectivity index (χ2n) is 8.77. The van der Waals surface area contributed by atoms with E-state index in [9.17, 15) is 22.0 Å². The molecule has 1 aliphatic heterocycles. The van der Waals surface area contributed by atoms with Gasteiger partial charge < -0.3 is 10.2 Å². The van der Waals surface area contributed by atoms with Crippen molar-refractivity contribution < 1.29 is 22.0 Å². The van der Waals surface area contributed by atoms with Gasteiger partial charge in [0.05, 0.1) is 0 Å². The minimum absolute atomic E-state index is 0.00952. The molecule has 1 saturated heterocycles. The molecule has 2 aromatic rings. The van der Waals surface area contributed by atoms with Crippen molar-refractivity contribution in [3.63, 3.8) is 0 Å². The van der Waals surface area contributed by atoms with E-state index < -0.39 is 26.6 Å². The molecular weight excluding hydrogens is 436 g/mol. The third kappa shape index (κ3) is 5.45. The Kier molecular flexibility index (Phi) is 7.19. The molecule has 1 fully saturated rings. The molecule has 1 unspecified atom stereocenters. The summed E-state index contributed by atoms with van der Waals surface area (Å²) in [5, 5.41) is 2.99. The fourth-order valence-corrected chi connectivity index (χ4v) is 5.57. The predicted octanol–water partition coefficient (Wildman–Crippen LogP) is 3.74. The molecule has 0 saturated carbocycles. The highest BCUT2D eigenvalue weighted by Crippen LogP contribution is 2.28. The minimum atomic E-state index is -4.18. The zero-order chi connectivity index (χ0) is 23.5. The number of carbonyl (C=O) groups is 1. The van der Waals surface area contributed by atoms with Crippen molar-refractivity contribution >= 4 is 16.1 Å². The molecule has 2 amide bonds. The summed E-state index contributed by atoms with van der Waals surface area (Å²) in [4.78, 5) is 13.5. The Morgan fingerprint density at radius 2 is 1.69 bits per heavy atom. The highest BCUT2D eigenvalue weighted by Gasteiger charge is 2.33. The van der Waals surface area contributed by atoms with E-state index in [1.807, 2.05) is 25.1 Å². The van der Waals surface area contributed by atoms with Crippen LogP contribution in [-0.4, -0.2) is 55.9 Å². The van der Waals surface area contributed by atoms with Gasteiger partial charge in [-0.1, -0.05) is 44.2 Å². The maximum atomic E-state index is 14.0. The summed E-state index contributed by atoms with van der Waals surface area (Å²) >= 11 is 0. The largest absolute Gasteiger partial charge is 0.336 e. The quantitative estimate of drug-likeness (QED) is 0.707. The molecule has 0 aliphatic carbocycles. The Hall–Kier alpha value is -2.52. The first kappa shape index (κ1) is 24.1. The van der Waals surface area contributed by atoms with Gasteiger partial charge in [0.1, 0.15) is 16.5 Å². The SMILES string of the molecule is CC(CC(C)(C)c1ccccc1)NC(=O)N1CCN(S(=O)(=O)c2cc(F)ccc2F)CC1. The molecule has 32 heavy (non-hydrogen) atoms. The molecule has 0 bridgehead atoms. The number of urea groups is 1. The van der Waals surface area contributed by atoms with E-state index >= 15 is 0 Å². The van der Waals surface area contributed by atoms with Gasteiger partial charge in [0.15, 0.2) is 0 Å². The van der Waals surface area contributed by atoms with Crippen molar-refractivity contribution in [3.8, 4) is 0 Å². The number of nitrogens with zero attached hydrogens (tertiary/aromatic N) is 2. The van der Waals surface area contributed by atoms with Crippen LogP contribution in [-0.2, 0) is 15.4 Å². The first-order chi connectivity index (χ1) is 15.0. The summed E-state index contributed by atoms with van der Waals surface area (Å²) in [7, 11) is -4.18. The lowest BCUT2D eigenvalue weighted by Gasteiger charge is -2.35. The van der Waals surface area contributed by atoms with Crippen LogP contribution in [0.1, 0.15) is 32.8 Å². The lowest BCUT2D eigenvalue weighted by Crippen LogP contribution is -2.54. The standard InChI is InChI=1S/C23H29F2N3O3S/c1-17(16-23(2,3)18-7-5-4-6-8-18)26-22(29)27-11-13-28(14-12-27)32(30,31)21-15-19(24)9-10-20(21)25/h4-10,15,17H,11-14,16H2,1-3H3,(H,26,29). The maximum absolute atomic E-state index is 14.0. The van der Waals surface area contributed by atoms with Crippen LogP contribution in [0.4, 0.5) is 13.6 Å². The molecule has 0 aromatic heterocycles. The lowest BCUT2D eigenvalue weighted by atomic mass is 9.79. The van der Waals surface area contributed by atoms with Crippen molar-refractivity contribution in [1.82, 2.24) is 14.5 Å². The normalized spacial score (nSPS) is 16.6. The molecule has 0 radical (unpaired) electrons. The van der Waals surface area contributed by atoms with Crippen LogP contribution in [0.25, 0.3) is 0 Å². The van der Waals surface area contributed by atoms with Crippen molar-refractivity contribution in [2.24, 2.45) is 0 Å². The average molecular weight is 466 g/mol. The summed E-state index contributed by atoms with van der Waals surface area (Å²) in [5.74, 6) is -1.82. The van der Waals surface area contributed by atoms with E-state index in [2.05, 4.69) is 31.3 Å². The Labute approximate surface area is 188 Å². The van der Waals surface area contributed by atoms with Gasteiger partial charge in [-0.3, -0.25) is 0 Å². The molecule has 9 heteroatoms. The van der Waals surface area contributed by atoms with Crippen LogP contribution < -0.4 is 5.32 Å². The number of amides is 2. The number of rotatable bonds is 6. The van der Waals surface area contributed by atoms with Gasteiger partial charge in [-0.25, -0.2) is 22.0 Å². The van der Waals surface area contributed by atoms with Crippen molar-refractivity contribution in [2.75, 3.05) is 26.2 Å². The maximum Gasteiger partial charge on any atom is 0.317 e. The fourth-order valence-electron chi connectivity index (χ4n) is 4.07. The first-order valence-corrected chi connectivity index (χ1v) is 12.0. The van der Waals surface area contributed by atoms with Gasteiger partial charge in [0.25, 0.3) is 0 Å². The van der Waals surface area contributed by atoms with Gasteiger partial charge in [-0.15, -0.1) is 0 Å². The van der Waals surface area contributed by atoms with Crippen LogP contribution in [0.15, 0.2) is 53.4 Å². The summed E-state index contributed by atoms with van der Waals surface area (Å²) in [6.07, 6.45) is 0.732. The second-order valence-corrected chi connectivity index (χ2v) is 10.7. The summed E-state index contributed by atoms with van der Waals surface area (Å²) in [6, 6.07) is 12.1. The van der Waals surface area contributed by atoms with Crippen molar-refractivity contribution in [2.45, 2.75) is 43.5 Å². The number of benzene rings is 2. The molecule has 1 heterocycles. The Morgan fingerprint density at radius 1 is 1.06 bits per heavy atom. The molecule has 2 aromatic carbocycles. The van der Waals surface area contributed by atoms with Crippen LogP contribution in [0.3, 0.4) is 0 Å². The molecule has 6 nitrogen and oxygen atoms in total. The van der Waals surface area contributed by atoms with E-state index in [1.54, 1.807) is 4.90 Å². The van der Waals surface area contributed by atoms with Gasteiger partial charge in [-0.05, 0) is 42.5 Å². The van der Waals surface area contributed by atoms with Gasteiger partial charge in [0.2, 0.25) is 10.0 Å². The van der Waals surface area contributed by atoms with Gasteiger partial charge in [0, 0.05) is 32.2 Å². The number of hydrogen-bond donors (Lipinski definition) is 1. The zero-order valence-corrected chi connectivity index (χ0v) is 19.3. The van der Waals surface area contributed by atoms with Crippen molar-refractivity contribution in [3.05, 3.63) is 65.7 Å². The summed E-state index contributed by atoms with van der Waals surface area (Å²) in [6.45, 7) is 6.54. The van der Waals surface area contributed by atoms with Crippen LogP contribution in [0.5, 0.6) is 0 Å². The predicted molar refractivity (Wildman–Crippen MR) is 119 cm³/mol. The fraction of sp³-hybridized carbons (Fsp3) is 0.435. The first-order valence-electron chi connectivity index (χ1n) is 10.6. The van der Waals surface area contributed by atoms with Crippen LogP contribution in [0, 0.1) is 11.6 Å². The molecule has 1 N–H and O–H groups in total. The molecule has 1 atom stereocenters. The van der Waals surface area contributed by atoms with Gasteiger partial charge >= 0.3 is 6.03 Å². The van der Waals surface area contributed by atoms with Crippen molar-refractivity contribution in [1.29, 1.82) is 0 Å². The number of halogens is 2.